The highest BCUT2D eigenvalue weighted by atomic mass is 16.5. The molecule has 0 aliphatic rings. The van der Waals surface area contributed by atoms with Crippen molar-refractivity contribution >= 4 is 0 Å². The number of benzene rings is 2. The number of ether oxygens (including phenoxy) is 1. The standard InChI is InChI=1S/C18H22O2/c1-3-8-14(2)18(19)15-9-7-12-17(13-15)20-16-10-5-4-6-11-16/h4-7,9-14,18-19H,3,8H2,1-2H3. The van der Waals surface area contributed by atoms with Crippen molar-refractivity contribution < 1.29 is 9.84 Å². The molecule has 2 heteroatoms. The molecule has 2 rings (SSSR count). The summed E-state index contributed by atoms with van der Waals surface area (Å²) in [6.07, 6.45) is 1.66. The molecule has 0 spiro atoms. The number of aliphatic hydroxyl groups excluding tert-OH is 1. The van der Waals surface area contributed by atoms with Crippen LogP contribution in [0.25, 0.3) is 0 Å². The van der Waals surface area contributed by atoms with Crippen molar-refractivity contribution in [3.05, 3.63) is 60.2 Å². The maximum absolute atomic E-state index is 10.4. The van der Waals surface area contributed by atoms with Crippen LogP contribution in [0.2, 0.25) is 0 Å². The van der Waals surface area contributed by atoms with Crippen LogP contribution in [-0.4, -0.2) is 5.11 Å². The molecule has 0 saturated carbocycles. The molecule has 2 atom stereocenters. The van der Waals surface area contributed by atoms with E-state index < -0.39 is 6.10 Å². The average molecular weight is 270 g/mol. The van der Waals surface area contributed by atoms with E-state index in [0.717, 1.165) is 29.9 Å². The number of hydrogen-bond donors (Lipinski definition) is 1. The molecule has 0 saturated heterocycles. The number of aliphatic hydroxyl groups is 1. The summed E-state index contributed by atoms with van der Waals surface area (Å²) in [5.74, 6) is 1.82. The minimum Gasteiger partial charge on any atom is -0.457 e. The molecule has 0 aromatic heterocycles. The smallest absolute Gasteiger partial charge is 0.127 e. The van der Waals surface area contributed by atoms with Gasteiger partial charge >= 0.3 is 0 Å². The van der Waals surface area contributed by atoms with Gasteiger partial charge in [-0.25, -0.2) is 0 Å². The Morgan fingerprint density at radius 2 is 1.70 bits per heavy atom. The van der Waals surface area contributed by atoms with Crippen molar-refractivity contribution in [2.45, 2.75) is 32.8 Å². The Bertz CT molecular complexity index is 522. The van der Waals surface area contributed by atoms with E-state index >= 15 is 0 Å². The summed E-state index contributed by atoms with van der Waals surface area (Å²) < 4.78 is 5.80. The quantitative estimate of drug-likeness (QED) is 0.804. The number of para-hydroxylation sites is 1. The van der Waals surface area contributed by atoms with Crippen LogP contribution in [0, 0.1) is 5.92 Å². The average Bonchev–Trinajstić information content (AvgIpc) is 2.48. The first-order valence-electron chi connectivity index (χ1n) is 7.21. The molecule has 0 fully saturated rings. The fourth-order valence-corrected chi connectivity index (χ4v) is 2.33. The first-order valence-corrected chi connectivity index (χ1v) is 7.21. The Morgan fingerprint density at radius 3 is 2.40 bits per heavy atom. The second-order valence-corrected chi connectivity index (χ2v) is 5.20. The third-order valence-corrected chi connectivity index (χ3v) is 3.46. The van der Waals surface area contributed by atoms with Gasteiger partial charge in [0.25, 0.3) is 0 Å². The van der Waals surface area contributed by atoms with E-state index in [1.165, 1.54) is 0 Å². The van der Waals surface area contributed by atoms with Crippen molar-refractivity contribution in [1.29, 1.82) is 0 Å². The number of rotatable bonds is 6. The SMILES string of the molecule is CCCC(C)C(O)c1cccc(Oc2ccccc2)c1. The predicted octanol–water partition coefficient (Wildman–Crippen LogP) is 4.95. The third-order valence-electron chi connectivity index (χ3n) is 3.46. The molecule has 106 valence electrons. The summed E-state index contributed by atoms with van der Waals surface area (Å²) in [4.78, 5) is 0. The molecule has 0 amide bonds. The molecule has 2 aromatic rings. The van der Waals surface area contributed by atoms with Crippen molar-refractivity contribution in [2.75, 3.05) is 0 Å². The minimum absolute atomic E-state index is 0.256. The monoisotopic (exact) mass is 270 g/mol. The van der Waals surface area contributed by atoms with Crippen molar-refractivity contribution in [2.24, 2.45) is 5.92 Å². The van der Waals surface area contributed by atoms with Crippen LogP contribution in [0.5, 0.6) is 11.5 Å². The zero-order valence-electron chi connectivity index (χ0n) is 12.1. The van der Waals surface area contributed by atoms with Crippen molar-refractivity contribution in [3.63, 3.8) is 0 Å². The van der Waals surface area contributed by atoms with Gasteiger partial charge in [-0.05, 0) is 42.2 Å². The molecule has 0 radical (unpaired) electrons. The van der Waals surface area contributed by atoms with E-state index in [9.17, 15) is 5.11 Å². The molecule has 2 nitrogen and oxygen atoms in total. The summed E-state index contributed by atoms with van der Waals surface area (Å²) >= 11 is 0. The van der Waals surface area contributed by atoms with Crippen molar-refractivity contribution in [3.8, 4) is 11.5 Å². The van der Waals surface area contributed by atoms with Gasteiger partial charge in [-0.2, -0.15) is 0 Å². The molecule has 0 bridgehead atoms. The summed E-state index contributed by atoms with van der Waals surface area (Å²) in [5.41, 5.74) is 0.916. The van der Waals surface area contributed by atoms with E-state index in [4.69, 9.17) is 4.74 Å². The summed E-state index contributed by atoms with van der Waals surface area (Å²) in [6, 6.07) is 17.4. The van der Waals surface area contributed by atoms with Gasteiger partial charge in [-0.15, -0.1) is 0 Å². The highest BCUT2D eigenvalue weighted by Gasteiger charge is 2.16. The first-order chi connectivity index (χ1) is 9.70. The molecule has 0 heterocycles. The zero-order chi connectivity index (χ0) is 14.4. The van der Waals surface area contributed by atoms with Crippen LogP contribution in [0.3, 0.4) is 0 Å². The molecule has 2 unspecified atom stereocenters. The van der Waals surface area contributed by atoms with E-state index in [-0.39, 0.29) is 5.92 Å². The highest BCUT2D eigenvalue weighted by molar-refractivity contribution is 5.34. The lowest BCUT2D eigenvalue weighted by Crippen LogP contribution is -2.08. The maximum Gasteiger partial charge on any atom is 0.127 e. The van der Waals surface area contributed by atoms with Crippen LogP contribution in [0.4, 0.5) is 0 Å². The molecule has 0 aliphatic carbocycles. The Labute approximate surface area is 121 Å². The van der Waals surface area contributed by atoms with Gasteiger partial charge < -0.3 is 9.84 Å². The van der Waals surface area contributed by atoms with Gasteiger partial charge in [-0.1, -0.05) is 50.6 Å². The lowest BCUT2D eigenvalue weighted by atomic mass is 9.93. The van der Waals surface area contributed by atoms with Crippen LogP contribution in [0.1, 0.15) is 38.4 Å². The fourth-order valence-electron chi connectivity index (χ4n) is 2.33. The molecule has 0 aliphatic heterocycles. The predicted molar refractivity (Wildman–Crippen MR) is 82.0 cm³/mol. The van der Waals surface area contributed by atoms with Crippen LogP contribution >= 0.6 is 0 Å². The van der Waals surface area contributed by atoms with Gasteiger partial charge in [0.05, 0.1) is 6.10 Å². The van der Waals surface area contributed by atoms with Crippen LogP contribution in [0.15, 0.2) is 54.6 Å². The first kappa shape index (κ1) is 14.6. The Morgan fingerprint density at radius 1 is 1.00 bits per heavy atom. The molecular weight excluding hydrogens is 248 g/mol. The lowest BCUT2D eigenvalue weighted by molar-refractivity contribution is 0.112. The van der Waals surface area contributed by atoms with E-state index in [1.54, 1.807) is 0 Å². The highest BCUT2D eigenvalue weighted by Crippen LogP contribution is 2.29. The molecule has 1 N–H and O–H groups in total. The normalized spacial score (nSPS) is 13.8. The Hall–Kier alpha value is -1.80. The van der Waals surface area contributed by atoms with E-state index in [0.29, 0.717) is 0 Å². The van der Waals surface area contributed by atoms with Gasteiger partial charge in [0, 0.05) is 0 Å². The minimum atomic E-state index is -0.436. The second kappa shape index (κ2) is 7.11. The summed E-state index contributed by atoms with van der Waals surface area (Å²) in [7, 11) is 0. The molecule has 2 aromatic carbocycles. The van der Waals surface area contributed by atoms with Gasteiger partial charge in [0.2, 0.25) is 0 Å². The largest absolute Gasteiger partial charge is 0.457 e. The Kier molecular flexibility index (Phi) is 5.19. The van der Waals surface area contributed by atoms with Gasteiger partial charge in [0.1, 0.15) is 11.5 Å². The fraction of sp³-hybridized carbons (Fsp3) is 0.333. The van der Waals surface area contributed by atoms with Crippen LogP contribution in [-0.2, 0) is 0 Å². The third kappa shape index (κ3) is 3.84. The number of hydrogen-bond acceptors (Lipinski definition) is 2. The summed E-state index contributed by atoms with van der Waals surface area (Å²) in [6.45, 7) is 4.22. The lowest BCUT2D eigenvalue weighted by Gasteiger charge is -2.19. The van der Waals surface area contributed by atoms with Crippen molar-refractivity contribution in [1.82, 2.24) is 0 Å². The van der Waals surface area contributed by atoms with E-state index in [2.05, 4.69) is 13.8 Å². The summed E-state index contributed by atoms with van der Waals surface area (Å²) in [5, 5.41) is 10.4. The molecular formula is C18H22O2. The topological polar surface area (TPSA) is 29.5 Å². The second-order valence-electron chi connectivity index (χ2n) is 5.20. The zero-order valence-corrected chi connectivity index (χ0v) is 12.1. The molecule has 20 heavy (non-hydrogen) atoms. The van der Waals surface area contributed by atoms with Crippen LogP contribution < -0.4 is 4.74 Å². The van der Waals surface area contributed by atoms with Gasteiger partial charge in [-0.3, -0.25) is 0 Å². The maximum atomic E-state index is 10.4. The Balaban J connectivity index is 2.11. The van der Waals surface area contributed by atoms with E-state index in [1.807, 2.05) is 54.6 Å². The van der Waals surface area contributed by atoms with Gasteiger partial charge in [0.15, 0.2) is 0 Å².